The Hall–Kier alpha value is 0.450. The van der Waals surface area contributed by atoms with Crippen molar-refractivity contribution in [3.8, 4) is 0 Å². The molecule has 1 N–H and O–H groups in total. The predicted octanol–water partition coefficient (Wildman–Crippen LogP) is 4.94. The first-order valence-electron chi connectivity index (χ1n) is 7.44. The Morgan fingerprint density at radius 3 is 2.71 bits per heavy atom. The highest BCUT2D eigenvalue weighted by atomic mass is 79.9. The molecule has 2 aliphatic rings. The van der Waals surface area contributed by atoms with E-state index in [1.165, 1.54) is 11.5 Å². The lowest BCUT2D eigenvalue weighted by Gasteiger charge is -2.44. The van der Waals surface area contributed by atoms with Crippen LogP contribution in [-0.2, 0) is 4.74 Å². The second-order valence-corrected chi connectivity index (χ2v) is 8.95. The minimum atomic E-state index is -0.398. The number of benzene rings is 1. The van der Waals surface area contributed by atoms with Crippen molar-refractivity contribution in [2.75, 3.05) is 18.1 Å². The molecule has 0 aromatic heterocycles. The molecular weight excluding hydrogens is 416 g/mol. The summed E-state index contributed by atoms with van der Waals surface area (Å²) < 4.78 is 8.14. The summed E-state index contributed by atoms with van der Waals surface area (Å²) in [5, 5.41) is 10.8. The summed E-state index contributed by atoms with van der Waals surface area (Å²) in [7, 11) is 0. The molecule has 2 atom stereocenters. The van der Waals surface area contributed by atoms with E-state index in [0.717, 1.165) is 46.8 Å². The molecule has 21 heavy (non-hydrogen) atoms. The Bertz CT molecular complexity index is 498. The van der Waals surface area contributed by atoms with E-state index in [9.17, 15) is 5.11 Å². The van der Waals surface area contributed by atoms with Gasteiger partial charge < -0.3 is 9.84 Å². The summed E-state index contributed by atoms with van der Waals surface area (Å²) in [6, 6.07) is 6.03. The van der Waals surface area contributed by atoms with Crippen LogP contribution in [-0.4, -0.2) is 28.8 Å². The van der Waals surface area contributed by atoms with Gasteiger partial charge in [-0.2, -0.15) is 11.8 Å². The van der Waals surface area contributed by atoms with Crippen LogP contribution in [0.1, 0.15) is 37.4 Å². The van der Waals surface area contributed by atoms with Gasteiger partial charge in [0.05, 0.1) is 11.7 Å². The van der Waals surface area contributed by atoms with Gasteiger partial charge in [0, 0.05) is 15.6 Å². The SMILES string of the molecule is OC(c1ccc(Br)c(Br)c1)C1CCOC2(CCSCC2)C1. The number of thioether (sulfide) groups is 1. The Morgan fingerprint density at radius 2 is 2.00 bits per heavy atom. The lowest BCUT2D eigenvalue weighted by Crippen LogP contribution is -2.44. The van der Waals surface area contributed by atoms with Gasteiger partial charge in [0.2, 0.25) is 0 Å². The molecule has 2 nitrogen and oxygen atoms in total. The molecule has 2 aliphatic heterocycles. The van der Waals surface area contributed by atoms with E-state index in [-0.39, 0.29) is 5.60 Å². The maximum absolute atomic E-state index is 10.8. The molecule has 0 radical (unpaired) electrons. The summed E-state index contributed by atoms with van der Waals surface area (Å²) in [6.07, 6.45) is 3.80. The highest BCUT2D eigenvalue weighted by molar-refractivity contribution is 9.13. The zero-order valence-corrected chi connectivity index (χ0v) is 15.8. The van der Waals surface area contributed by atoms with E-state index in [4.69, 9.17) is 4.74 Å². The number of hydrogen-bond acceptors (Lipinski definition) is 3. The smallest absolute Gasteiger partial charge is 0.0820 e. The fraction of sp³-hybridized carbons (Fsp3) is 0.625. The standard InChI is InChI=1S/C16H20Br2O2S/c17-13-2-1-11(9-14(13)18)15(19)12-3-6-20-16(10-12)4-7-21-8-5-16/h1-2,9,12,15,19H,3-8,10H2. The Morgan fingerprint density at radius 1 is 1.24 bits per heavy atom. The number of aliphatic hydroxyl groups excluding tert-OH is 1. The van der Waals surface area contributed by atoms with Crippen molar-refractivity contribution < 1.29 is 9.84 Å². The average Bonchev–Trinajstić information content (AvgIpc) is 2.50. The molecule has 2 unspecified atom stereocenters. The molecule has 1 aromatic rings. The highest BCUT2D eigenvalue weighted by Crippen LogP contribution is 2.44. The Labute approximate surface area is 147 Å². The van der Waals surface area contributed by atoms with Crippen molar-refractivity contribution >= 4 is 43.6 Å². The van der Waals surface area contributed by atoms with E-state index in [0.29, 0.717) is 5.92 Å². The summed E-state index contributed by atoms with van der Waals surface area (Å²) in [5.41, 5.74) is 1.03. The van der Waals surface area contributed by atoms with Crippen LogP contribution >= 0.6 is 43.6 Å². The van der Waals surface area contributed by atoms with E-state index in [1.807, 2.05) is 30.0 Å². The van der Waals surface area contributed by atoms with Gasteiger partial charge in [-0.1, -0.05) is 6.07 Å². The fourth-order valence-electron chi connectivity index (χ4n) is 3.40. The first-order chi connectivity index (χ1) is 10.1. The van der Waals surface area contributed by atoms with Crippen LogP contribution in [0.2, 0.25) is 0 Å². The van der Waals surface area contributed by atoms with Crippen LogP contribution < -0.4 is 0 Å². The zero-order valence-electron chi connectivity index (χ0n) is 11.9. The van der Waals surface area contributed by atoms with Crippen molar-refractivity contribution in [3.63, 3.8) is 0 Å². The monoisotopic (exact) mass is 434 g/mol. The second-order valence-electron chi connectivity index (χ2n) is 6.02. The molecule has 1 aromatic carbocycles. The lowest BCUT2D eigenvalue weighted by molar-refractivity contribution is -0.121. The van der Waals surface area contributed by atoms with E-state index < -0.39 is 6.10 Å². The molecule has 3 rings (SSSR count). The summed E-state index contributed by atoms with van der Waals surface area (Å²) in [5.74, 6) is 2.68. The first-order valence-corrected chi connectivity index (χ1v) is 10.2. The highest BCUT2D eigenvalue weighted by Gasteiger charge is 2.41. The Balaban J connectivity index is 1.74. The molecule has 116 valence electrons. The molecule has 0 bridgehead atoms. The van der Waals surface area contributed by atoms with Gasteiger partial charge in [0.15, 0.2) is 0 Å². The van der Waals surface area contributed by atoms with Gasteiger partial charge >= 0.3 is 0 Å². The number of ether oxygens (including phenoxy) is 1. The average molecular weight is 436 g/mol. The van der Waals surface area contributed by atoms with Crippen LogP contribution in [0.5, 0.6) is 0 Å². The molecule has 5 heteroatoms. The van der Waals surface area contributed by atoms with Gasteiger partial charge in [-0.25, -0.2) is 0 Å². The molecular formula is C16H20Br2O2S. The van der Waals surface area contributed by atoms with Crippen molar-refractivity contribution in [2.24, 2.45) is 5.92 Å². The van der Waals surface area contributed by atoms with Crippen molar-refractivity contribution in [3.05, 3.63) is 32.7 Å². The van der Waals surface area contributed by atoms with Crippen molar-refractivity contribution in [2.45, 2.75) is 37.4 Å². The third kappa shape index (κ3) is 3.69. The van der Waals surface area contributed by atoms with Gasteiger partial charge in [-0.15, -0.1) is 0 Å². The van der Waals surface area contributed by atoms with Gasteiger partial charge in [0.25, 0.3) is 0 Å². The third-order valence-corrected chi connectivity index (χ3v) is 7.53. The first kappa shape index (κ1) is 16.3. The van der Waals surface area contributed by atoms with E-state index in [1.54, 1.807) is 0 Å². The number of hydrogen-bond donors (Lipinski definition) is 1. The second kappa shape index (κ2) is 6.91. The van der Waals surface area contributed by atoms with Crippen LogP contribution in [0.4, 0.5) is 0 Å². The van der Waals surface area contributed by atoms with Crippen LogP contribution in [0.25, 0.3) is 0 Å². The lowest BCUT2D eigenvalue weighted by atomic mass is 9.78. The zero-order chi connectivity index (χ0) is 14.9. The molecule has 1 spiro atoms. The molecule has 2 heterocycles. The summed E-state index contributed by atoms with van der Waals surface area (Å²) in [6.45, 7) is 0.782. The summed E-state index contributed by atoms with van der Waals surface area (Å²) in [4.78, 5) is 0. The predicted molar refractivity (Wildman–Crippen MR) is 94.8 cm³/mol. The van der Waals surface area contributed by atoms with Crippen molar-refractivity contribution in [1.82, 2.24) is 0 Å². The normalized spacial score (nSPS) is 26.7. The number of rotatable bonds is 2. The molecule has 2 saturated heterocycles. The Kier molecular flexibility index (Phi) is 5.37. The molecule has 0 aliphatic carbocycles. The number of halogens is 2. The fourth-order valence-corrected chi connectivity index (χ4v) is 5.28. The van der Waals surface area contributed by atoms with Crippen LogP contribution in [0.3, 0.4) is 0 Å². The molecule has 0 saturated carbocycles. The minimum absolute atomic E-state index is 0.0295. The number of aliphatic hydroxyl groups is 1. The minimum Gasteiger partial charge on any atom is -0.388 e. The van der Waals surface area contributed by atoms with Crippen LogP contribution in [0.15, 0.2) is 27.1 Å². The third-order valence-electron chi connectivity index (χ3n) is 4.67. The molecule has 2 fully saturated rings. The quantitative estimate of drug-likeness (QED) is 0.713. The van der Waals surface area contributed by atoms with Crippen molar-refractivity contribution in [1.29, 1.82) is 0 Å². The van der Waals surface area contributed by atoms with Gasteiger partial charge in [0.1, 0.15) is 0 Å². The maximum Gasteiger partial charge on any atom is 0.0820 e. The van der Waals surface area contributed by atoms with Gasteiger partial charge in [-0.05, 0) is 92.7 Å². The topological polar surface area (TPSA) is 29.5 Å². The summed E-state index contributed by atoms with van der Waals surface area (Å²) >= 11 is 9.02. The van der Waals surface area contributed by atoms with E-state index >= 15 is 0 Å². The maximum atomic E-state index is 10.8. The molecule has 0 amide bonds. The van der Waals surface area contributed by atoms with E-state index in [2.05, 4.69) is 31.9 Å². The van der Waals surface area contributed by atoms with Gasteiger partial charge in [-0.3, -0.25) is 0 Å². The van der Waals surface area contributed by atoms with Crippen LogP contribution in [0, 0.1) is 5.92 Å². The largest absolute Gasteiger partial charge is 0.388 e.